The smallest absolute Gasteiger partial charge is 0.459 e. The van der Waals surface area contributed by atoms with Gasteiger partial charge in [-0.2, -0.15) is 5.09 Å². The Morgan fingerprint density at radius 3 is 2.47 bits per heavy atom. The molecule has 0 spiro atoms. The van der Waals surface area contributed by atoms with E-state index >= 15 is 0 Å². The molecule has 0 aliphatic heterocycles. The van der Waals surface area contributed by atoms with Crippen LogP contribution < -0.4 is 9.61 Å². The third-order valence-electron chi connectivity index (χ3n) is 3.51. The van der Waals surface area contributed by atoms with Crippen molar-refractivity contribution in [3.05, 3.63) is 54.6 Å². The Balaban J connectivity index is 2.97. The zero-order valence-corrected chi connectivity index (χ0v) is 18.3. The number of aliphatic hydroxyl groups is 2. The molecule has 8 nitrogen and oxygen atoms in total. The first kappa shape index (κ1) is 26.0. The zero-order chi connectivity index (χ0) is 22.8. The second-order valence-electron chi connectivity index (χ2n) is 6.69. The van der Waals surface area contributed by atoms with Gasteiger partial charge in [0.1, 0.15) is 24.5 Å². The first-order chi connectivity index (χ1) is 14.0. The minimum absolute atomic E-state index is 0.119. The van der Waals surface area contributed by atoms with E-state index in [1.807, 2.05) is 0 Å². The van der Waals surface area contributed by atoms with Crippen LogP contribution in [0.1, 0.15) is 27.7 Å². The summed E-state index contributed by atoms with van der Waals surface area (Å²) in [6, 6.07) is 6.74. The number of carbonyl (C=O) groups excluding carboxylic acids is 1. The molecule has 3 N–H and O–H groups in total. The number of nitrogens with one attached hydrogen (secondary N) is 1. The van der Waals surface area contributed by atoms with Crippen LogP contribution in [0.25, 0.3) is 0 Å². The summed E-state index contributed by atoms with van der Waals surface area (Å²) in [6.45, 7) is 5.18. The number of para-hydroxylation sites is 1. The molecule has 168 valence electrons. The number of carbonyl (C=O) groups is 1. The van der Waals surface area contributed by atoms with Crippen molar-refractivity contribution in [2.24, 2.45) is 0 Å². The number of hydrogen-bond acceptors (Lipinski definition) is 7. The molecule has 10 heteroatoms. The van der Waals surface area contributed by atoms with E-state index in [4.69, 9.17) is 13.8 Å². The van der Waals surface area contributed by atoms with E-state index in [0.29, 0.717) is 0 Å². The summed E-state index contributed by atoms with van der Waals surface area (Å²) in [7, 11) is -4.36. The first-order valence-corrected chi connectivity index (χ1v) is 10.9. The fraction of sp³-hybridized carbons (Fsp3) is 0.450. The Bertz CT molecular complexity index is 768. The average molecular weight is 445 g/mol. The van der Waals surface area contributed by atoms with Crippen LogP contribution in [0, 0.1) is 0 Å². The van der Waals surface area contributed by atoms with Gasteiger partial charge in [0, 0.05) is 0 Å². The van der Waals surface area contributed by atoms with E-state index in [1.165, 1.54) is 31.2 Å². The molecule has 2 unspecified atom stereocenters. The molecule has 0 amide bonds. The van der Waals surface area contributed by atoms with Crippen molar-refractivity contribution in [2.45, 2.75) is 51.8 Å². The summed E-state index contributed by atoms with van der Waals surface area (Å²) < 4.78 is 43.0. The molecule has 4 atom stereocenters. The summed E-state index contributed by atoms with van der Waals surface area (Å²) in [5.74, 6) is -3.87. The average Bonchev–Trinajstić information content (AvgIpc) is 2.67. The molecule has 0 fully saturated rings. The summed E-state index contributed by atoms with van der Waals surface area (Å²) >= 11 is 0. The maximum absolute atomic E-state index is 14.5. The van der Waals surface area contributed by atoms with Gasteiger partial charge in [0.25, 0.3) is 5.85 Å². The molecule has 0 bridgehead atoms. The lowest BCUT2D eigenvalue weighted by molar-refractivity contribution is -0.173. The Kier molecular flexibility index (Phi) is 10.4. The van der Waals surface area contributed by atoms with Gasteiger partial charge in [-0.3, -0.25) is 9.32 Å². The van der Waals surface area contributed by atoms with Crippen molar-refractivity contribution in [3.8, 4) is 5.75 Å². The summed E-state index contributed by atoms with van der Waals surface area (Å²) in [5, 5.41) is 22.0. The zero-order valence-electron chi connectivity index (χ0n) is 17.4. The van der Waals surface area contributed by atoms with Crippen molar-refractivity contribution >= 4 is 13.7 Å². The first-order valence-electron chi connectivity index (χ1n) is 9.35. The monoisotopic (exact) mass is 445 g/mol. The Morgan fingerprint density at radius 2 is 1.90 bits per heavy atom. The third kappa shape index (κ3) is 9.19. The van der Waals surface area contributed by atoms with Crippen LogP contribution >= 0.6 is 7.75 Å². The van der Waals surface area contributed by atoms with Crippen molar-refractivity contribution < 1.29 is 37.7 Å². The van der Waals surface area contributed by atoms with E-state index < -0.39 is 44.4 Å². The molecule has 0 aliphatic carbocycles. The van der Waals surface area contributed by atoms with Crippen LogP contribution in [0.4, 0.5) is 4.39 Å². The van der Waals surface area contributed by atoms with Crippen molar-refractivity contribution in [1.82, 2.24) is 5.09 Å². The standard InChI is InChI=1S/C20H29FNO7P/c1-5-6-8-13-18(23)20(21,25)14-27-30(26,29-17-11-9-7-10-12-17)22-16(4)19(24)28-15(2)3/h5-13,15-16,18,23,25H,14H2,1-4H3,(H,22,26)/t16?,18-,20+,30?/m0/s1. The van der Waals surface area contributed by atoms with E-state index in [0.717, 1.165) is 6.08 Å². The van der Waals surface area contributed by atoms with Gasteiger partial charge in [-0.15, -0.1) is 0 Å². The lowest BCUT2D eigenvalue weighted by Crippen LogP contribution is -2.42. The van der Waals surface area contributed by atoms with Gasteiger partial charge >= 0.3 is 13.7 Å². The lowest BCUT2D eigenvalue weighted by Gasteiger charge is -2.27. The molecular formula is C20H29FNO7P. The topological polar surface area (TPSA) is 114 Å². The van der Waals surface area contributed by atoms with Crippen molar-refractivity contribution in [3.63, 3.8) is 0 Å². The number of hydrogen-bond donors (Lipinski definition) is 3. The number of halogens is 1. The minimum Gasteiger partial charge on any atom is -0.462 e. The maximum atomic E-state index is 14.5. The Labute approximate surface area is 175 Å². The van der Waals surface area contributed by atoms with Crippen LogP contribution in [0.15, 0.2) is 54.6 Å². The normalized spacial score (nSPS) is 18.1. The second-order valence-corrected chi connectivity index (χ2v) is 8.38. The fourth-order valence-electron chi connectivity index (χ4n) is 2.02. The second kappa shape index (κ2) is 12.0. The summed E-state index contributed by atoms with van der Waals surface area (Å²) in [6.07, 6.45) is 3.13. The third-order valence-corrected chi connectivity index (χ3v) is 5.14. The number of esters is 1. The van der Waals surface area contributed by atoms with E-state index in [2.05, 4.69) is 5.09 Å². The SMILES string of the molecule is CC=CC=C[C@H](O)[C@@](O)(F)COP(=O)(NC(C)C(=O)OC(C)C)Oc1ccccc1. The van der Waals surface area contributed by atoms with Crippen LogP contribution in [-0.4, -0.2) is 46.9 Å². The van der Waals surface area contributed by atoms with Gasteiger partial charge in [-0.05, 0) is 39.8 Å². The number of ether oxygens (including phenoxy) is 1. The van der Waals surface area contributed by atoms with Gasteiger partial charge < -0.3 is 19.5 Å². The maximum Gasteiger partial charge on any atom is 0.459 e. The Hall–Kier alpha value is -2.03. The highest BCUT2D eigenvalue weighted by atomic mass is 31.2. The number of alkyl halides is 1. The van der Waals surface area contributed by atoms with Gasteiger partial charge in [0.2, 0.25) is 0 Å². The predicted octanol–water partition coefficient (Wildman–Crippen LogP) is 3.27. The van der Waals surface area contributed by atoms with Crippen LogP contribution in [0.3, 0.4) is 0 Å². The van der Waals surface area contributed by atoms with Crippen molar-refractivity contribution in [1.29, 1.82) is 0 Å². The van der Waals surface area contributed by atoms with Crippen molar-refractivity contribution in [2.75, 3.05) is 6.61 Å². The molecule has 1 aromatic rings. The quantitative estimate of drug-likeness (QED) is 0.255. The Morgan fingerprint density at radius 1 is 1.27 bits per heavy atom. The lowest BCUT2D eigenvalue weighted by atomic mass is 10.1. The minimum atomic E-state index is -4.36. The molecular weight excluding hydrogens is 416 g/mol. The molecule has 0 aromatic heterocycles. The predicted molar refractivity (Wildman–Crippen MR) is 110 cm³/mol. The number of benzene rings is 1. The molecule has 1 rings (SSSR count). The highest BCUT2D eigenvalue weighted by Gasteiger charge is 2.40. The van der Waals surface area contributed by atoms with Gasteiger partial charge in [-0.25, -0.2) is 8.96 Å². The highest BCUT2D eigenvalue weighted by Crippen LogP contribution is 2.45. The van der Waals surface area contributed by atoms with Gasteiger partial charge in [0.05, 0.1) is 6.10 Å². The molecule has 30 heavy (non-hydrogen) atoms. The summed E-state index contributed by atoms with van der Waals surface area (Å²) in [4.78, 5) is 12.0. The number of rotatable bonds is 12. The molecule has 0 saturated carbocycles. The van der Waals surface area contributed by atoms with Crippen LogP contribution in [0.2, 0.25) is 0 Å². The fourth-order valence-corrected chi connectivity index (χ4v) is 3.53. The molecule has 1 aromatic carbocycles. The van der Waals surface area contributed by atoms with E-state index in [9.17, 15) is 24.0 Å². The van der Waals surface area contributed by atoms with Gasteiger partial charge in [0.15, 0.2) is 0 Å². The van der Waals surface area contributed by atoms with Crippen LogP contribution in [0.5, 0.6) is 5.75 Å². The largest absolute Gasteiger partial charge is 0.462 e. The number of allylic oxidation sites excluding steroid dienone is 3. The number of aliphatic hydroxyl groups excluding tert-OH is 1. The van der Waals surface area contributed by atoms with E-state index in [-0.39, 0.29) is 5.75 Å². The molecule has 0 aliphatic rings. The van der Waals surface area contributed by atoms with Crippen LogP contribution in [-0.2, 0) is 18.6 Å². The molecule has 0 heterocycles. The van der Waals surface area contributed by atoms with Gasteiger partial charge in [-0.1, -0.05) is 42.5 Å². The molecule has 0 saturated heterocycles. The van der Waals surface area contributed by atoms with E-state index in [1.54, 1.807) is 45.0 Å². The summed E-state index contributed by atoms with van der Waals surface area (Å²) in [5.41, 5.74) is 0. The highest BCUT2D eigenvalue weighted by molar-refractivity contribution is 7.52. The molecule has 0 radical (unpaired) electrons.